The van der Waals surface area contributed by atoms with Crippen LogP contribution in [0.4, 0.5) is 5.69 Å². The molecule has 2 aliphatic rings. The number of nitrogens with zero attached hydrogens (tertiary/aromatic N) is 3. The van der Waals surface area contributed by atoms with Gasteiger partial charge < -0.3 is 9.64 Å². The highest BCUT2D eigenvalue weighted by Gasteiger charge is 2.25. The molecule has 4 rings (SSSR count). The summed E-state index contributed by atoms with van der Waals surface area (Å²) >= 11 is 0. The molecule has 0 radical (unpaired) electrons. The summed E-state index contributed by atoms with van der Waals surface area (Å²) in [5.41, 5.74) is 2.56. The van der Waals surface area contributed by atoms with Crippen LogP contribution in [0.2, 0.25) is 0 Å². The van der Waals surface area contributed by atoms with Gasteiger partial charge in [0.2, 0.25) is 5.91 Å². The quantitative estimate of drug-likeness (QED) is 0.475. The van der Waals surface area contributed by atoms with Crippen LogP contribution in [0, 0.1) is 12.3 Å². The number of ether oxygens (including phenoxy) is 1. The Morgan fingerprint density at radius 1 is 1.00 bits per heavy atom. The van der Waals surface area contributed by atoms with E-state index in [1.807, 2.05) is 48.5 Å². The van der Waals surface area contributed by atoms with Crippen LogP contribution in [0.5, 0.6) is 5.75 Å². The molecule has 0 spiro atoms. The molecule has 32 heavy (non-hydrogen) atoms. The highest BCUT2D eigenvalue weighted by molar-refractivity contribution is 6.01. The maximum absolute atomic E-state index is 12.9. The molecule has 0 unspecified atom stereocenters. The average Bonchev–Trinajstić information content (AvgIpc) is 2.82. The molecule has 2 aliphatic heterocycles. The average molecular weight is 432 g/mol. The number of aryl methyl sites for hydroxylation is 1. The van der Waals surface area contributed by atoms with Gasteiger partial charge in [0.05, 0.1) is 13.1 Å². The summed E-state index contributed by atoms with van der Waals surface area (Å²) in [6.07, 6.45) is 6.50. The van der Waals surface area contributed by atoms with Gasteiger partial charge in [0.1, 0.15) is 12.4 Å². The molecule has 0 saturated carbocycles. The first-order valence-corrected chi connectivity index (χ1v) is 11.2. The summed E-state index contributed by atoms with van der Waals surface area (Å²) < 4.78 is 5.79. The second-order valence-electron chi connectivity index (χ2n) is 8.23. The SMILES string of the molecule is C#CCN1C(=O)CCc2cc(C(=O)CN3CCN(CCOc4ccccc4)CC3)ccc21. The van der Waals surface area contributed by atoms with Crippen molar-refractivity contribution in [3.8, 4) is 18.1 Å². The standard InChI is InChI=1S/C26H29N3O3/c1-2-12-29-24-10-8-22(19-21(24)9-11-26(29)31)25(30)20-28-15-13-27(14-16-28)17-18-32-23-6-4-3-5-7-23/h1,3-8,10,19H,9,11-18,20H2. The first-order valence-electron chi connectivity index (χ1n) is 11.2. The summed E-state index contributed by atoms with van der Waals surface area (Å²) in [6, 6.07) is 15.5. The molecule has 1 amide bonds. The number of carbonyl (C=O) groups excluding carboxylic acids is 2. The van der Waals surface area contributed by atoms with Gasteiger partial charge in [0.15, 0.2) is 5.78 Å². The van der Waals surface area contributed by atoms with E-state index in [9.17, 15) is 9.59 Å². The lowest BCUT2D eigenvalue weighted by Gasteiger charge is -2.34. The van der Waals surface area contributed by atoms with Crippen LogP contribution in [0.25, 0.3) is 0 Å². The van der Waals surface area contributed by atoms with Crippen LogP contribution >= 0.6 is 0 Å². The molecule has 1 saturated heterocycles. The highest BCUT2D eigenvalue weighted by atomic mass is 16.5. The number of ketones is 1. The van der Waals surface area contributed by atoms with Crippen molar-refractivity contribution in [2.45, 2.75) is 12.8 Å². The predicted octanol–water partition coefficient (Wildman–Crippen LogP) is 2.48. The fourth-order valence-electron chi connectivity index (χ4n) is 4.27. The van der Waals surface area contributed by atoms with E-state index in [1.54, 1.807) is 4.90 Å². The maximum Gasteiger partial charge on any atom is 0.228 e. The van der Waals surface area contributed by atoms with Gasteiger partial charge in [-0.05, 0) is 42.3 Å². The Hall–Kier alpha value is -3.14. The normalized spacial score (nSPS) is 17.0. The van der Waals surface area contributed by atoms with Gasteiger partial charge in [-0.15, -0.1) is 6.42 Å². The molecule has 0 atom stereocenters. The van der Waals surface area contributed by atoms with Crippen LogP contribution in [-0.2, 0) is 11.2 Å². The Balaban J connectivity index is 1.25. The Labute approximate surface area is 189 Å². The van der Waals surface area contributed by atoms with Crippen molar-refractivity contribution in [1.82, 2.24) is 9.80 Å². The molecule has 2 aromatic carbocycles. The van der Waals surface area contributed by atoms with E-state index in [0.29, 0.717) is 31.6 Å². The molecule has 0 N–H and O–H groups in total. The summed E-state index contributed by atoms with van der Waals surface area (Å²) in [7, 11) is 0. The zero-order chi connectivity index (χ0) is 22.3. The minimum atomic E-state index is 0.0431. The molecular weight excluding hydrogens is 402 g/mol. The third kappa shape index (κ3) is 5.37. The van der Waals surface area contributed by atoms with Crippen LogP contribution in [0.1, 0.15) is 22.3 Å². The van der Waals surface area contributed by atoms with E-state index in [1.165, 1.54) is 0 Å². The molecule has 1 fully saturated rings. The van der Waals surface area contributed by atoms with Gasteiger partial charge in [0.25, 0.3) is 0 Å². The van der Waals surface area contributed by atoms with Crippen molar-refractivity contribution in [2.75, 3.05) is 57.3 Å². The topological polar surface area (TPSA) is 53.1 Å². The number of rotatable bonds is 8. The number of hydrogen-bond acceptors (Lipinski definition) is 5. The van der Waals surface area contributed by atoms with E-state index in [0.717, 1.165) is 49.7 Å². The van der Waals surface area contributed by atoms with E-state index >= 15 is 0 Å². The van der Waals surface area contributed by atoms with Crippen LogP contribution < -0.4 is 9.64 Å². The zero-order valence-electron chi connectivity index (χ0n) is 18.3. The monoisotopic (exact) mass is 431 g/mol. The van der Waals surface area contributed by atoms with Gasteiger partial charge in [-0.1, -0.05) is 24.1 Å². The zero-order valence-corrected chi connectivity index (χ0v) is 18.3. The number of fused-ring (bicyclic) bond motifs is 1. The van der Waals surface area contributed by atoms with E-state index in [-0.39, 0.29) is 18.2 Å². The summed E-state index contributed by atoms with van der Waals surface area (Å²) in [6.45, 7) is 5.82. The Bertz CT molecular complexity index is 991. The largest absolute Gasteiger partial charge is 0.492 e. The van der Waals surface area contributed by atoms with Crippen LogP contribution in [0.15, 0.2) is 48.5 Å². The van der Waals surface area contributed by atoms with Crippen molar-refractivity contribution < 1.29 is 14.3 Å². The van der Waals surface area contributed by atoms with Gasteiger partial charge in [0, 0.05) is 50.4 Å². The predicted molar refractivity (Wildman–Crippen MR) is 125 cm³/mol. The van der Waals surface area contributed by atoms with Crippen molar-refractivity contribution >= 4 is 17.4 Å². The Morgan fingerprint density at radius 2 is 1.75 bits per heavy atom. The van der Waals surface area contributed by atoms with E-state index in [4.69, 9.17) is 11.2 Å². The molecular formula is C26H29N3O3. The van der Waals surface area contributed by atoms with Gasteiger partial charge >= 0.3 is 0 Å². The second-order valence-corrected chi connectivity index (χ2v) is 8.23. The van der Waals surface area contributed by atoms with E-state index in [2.05, 4.69) is 15.7 Å². The molecule has 0 aromatic heterocycles. The number of piperazine rings is 1. The second kappa shape index (κ2) is 10.4. The number of para-hydroxylation sites is 1. The number of benzene rings is 2. The molecule has 2 aromatic rings. The van der Waals surface area contributed by atoms with Crippen molar-refractivity contribution in [1.29, 1.82) is 0 Å². The number of Topliss-reactive ketones (excluding diaryl/α,β-unsaturated/α-hetero) is 1. The maximum atomic E-state index is 12.9. The highest BCUT2D eigenvalue weighted by Crippen LogP contribution is 2.28. The number of amides is 1. The molecule has 6 nitrogen and oxygen atoms in total. The number of hydrogen-bond donors (Lipinski definition) is 0. The van der Waals surface area contributed by atoms with Crippen molar-refractivity contribution in [3.05, 3.63) is 59.7 Å². The molecule has 166 valence electrons. The Kier molecular flexibility index (Phi) is 7.21. The lowest BCUT2D eigenvalue weighted by atomic mass is 9.97. The van der Waals surface area contributed by atoms with Gasteiger partial charge in [-0.25, -0.2) is 0 Å². The summed E-state index contributed by atoms with van der Waals surface area (Å²) in [5.74, 6) is 3.60. The fraction of sp³-hybridized carbons (Fsp3) is 0.385. The summed E-state index contributed by atoms with van der Waals surface area (Å²) in [5, 5.41) is 0. The molecule has 6 heteroatoms. The van der Waals surface area contributed by atoms with E-state index < -0.39 is 0 Å². The lowest BCUT2D eigenvalue weighted by Crippen LogP contribution is -2.48. The van der Waals surface area contributed by atoms with Crippen LogP contribution in [-0.4, -0.2) is 73.9 Å². The minimum Gasteiger partial charge on any atom is -0.492 e. The van der Waals surface area contributed by atoms with Crippen molar-refractivity contribution in [3.63, 3.8) is 0 Å². The first-order chi connectivity index (χ1) is 15.6. The molecule has 2 heterocycles. The van der Waals surface area contributed by atoms with Gasteiger partial charge in [-0.3, -0.25) is 19.4 Å². The molecule has 0 bridgehead atoms. The smallest absolute Gasteiger partial charge is 0.228 e. The third-order valence-electron chi connectivity index (χ3n) is 6.10. The summed E-state index contributed by atoms with van der Waals surface area (Å²) in [4.78, 5) is 31.3. The minimum absolute atomic E-state index is 0.0431. The number of terminal acetylenes is 1. The number of anilines is 1. The van der Waals surface area contributed by atoms with Crippen molar-refractivity contribution in [2.24, 2.45) is 0 Å². The van der Waals surface area contributed by atoms with Gasteiger partial charge in [-0.2, -0.15) is 0 Å². The molecule has 0 aliphatic carbocycles. The lowest BCUT2D eigenvalue weighted by molar-refractivity contribution is -0.118. The first kappa shape index (κ1) is 22.1. The number of carbonyl (C=O) groups is 2. The van der Waals surface area contributed by atoms with Crippen LogP contribution in [0.3, 0.4) is 0 Å². The Morgan fingerprint density at radius 3 is 2.50 bits per heavy atom. The third-order valence-corrected chi connectivity index (χ3v) is 6.10. The fourth-order valence-corrected chi connectivity index (χ4v) is 4.27.